The van der Waals surface area contributed by atoms with Gasteiger partial charge in [-0.2, -0.15) is 0 Å². The van der Waals surface area contributed by atoms with Gasteiger partial charge in [-0.05, 0) is 67.1 Å². The largest absolute Gasteiger partial charge is 0.324 e. The van der Waals surface area contributed by atoms with Crippen molar-refractivity contribution in [2.45, 2.75) is 13.8 Å². The maximum Gasteiger partial charge on any atom is 0.294 e. The van der Waals surface area contributed by atoms with Gasteiger partial charge in [0.25, 0.3) is 11.1 Å². The third-order valence-electron chi connectivity index (χ3n) is 5.01. The first-order chi connectivity index (χ1) is 14.9. The number of hydrogen-bond donors (Lipinski definition) is 1. The van der Waals surface area contributed by atoms with Crippen molar-refractivity contribution in [1.82, 2.24) is 9.47 Å². The average Bonchev–Trinajstić information content (AvgIpc) is 3.32. The van der Waals surface area contributed by atoms with Crippen LogP contribution in [0, 0.1) is 13.8 Å². The van der Waals surface area contributed by atoms with E-state index in [2.05, 4.69) is 5.32 Å². The fourth-order valence-corrected chi connectivity index (χ4v) is 4.26. The Kier molecular flexibility index (Phi) is 5.77. The summed E-state index contributed by atoms with van der Waals surface area (Å²) in [5, 5.41) is 2.37. The van der Waals surface area contributed by atoms with E-state index in [4.69, 9.17) is 0 Å². The zero-order valence-electron chi connectivity index (χ0n) is 17.2. The molecule has 1 fully saturated rings. The monoisotopic (exact) mass is 431 g/mol. The molecule has 0 atom stereocenters. The zero-order valence-corrected chi connectivity index (χ0v) is 18.0. The van der Waals surface area contributed by atoms with Crippen LogP contribution < -0.4 is 5.32 Å². The summed E-state index contributed by atoms with van der Waals surface area (Å²) in [7, 11) is 0. The Morgan fingerprint density at radius 3 is 2.39 bits per heavy atom. The van der Waals surface area contributed by atoms with Crippen LogP contribution in [-0.4, -0.2) is 33.1 Å². The van der Waals surface area contributed by atoms with Crippen molar-refractivity contribution < 1.29 is 14.4 Å². The molecule has 1 saturated heterocycles. The number of carbonyl (C=O) groups excluding carboxylic acids is 3. The molecule has 4 rings (SSSR count). The number of hydrogen-bond acceptors (Lipinski definition) is 4. The van der Waals surface area contributed by atoms with Crippen molar-refractivity contribution in [3.8, 4) is 5.69 Å². The van der Waals surface area contributed by atoms with Gasteiger partial charge >= 0.3 is 0 Å². The van der Waals surface area contributed by atoms with E-state index >= 15 is 0 Å². The number of benzene rings is 2. The molecule has 7 heteroatoms. The van der Waals surface area contributed by atoms with Gasteiger partial charge in [0.15, 0.2) is 0 Å². The Balaban J connectivity index is 1.51. The molecule has 0 spiro atoms. The van der Waals surface area contributed by atoms with Crippen LogP contribution in [0.3, 0.4) is 0 Å². The topological polar surface area (TPSA) is 71.4 Å². The predicted molar refractivity (Wildman–Crippen MR) is 123 cm³/mol. The highest BCUT2D eigenvalue weighted by molar-refractivity contribution is 8.18. The molecule has 1 aliphatic heterocycles. The number of nitrogens with one attached hydrogen (secondary N) is 1. The maximum absolute atomic E-state index is 12.8. The van der Waals surface area contributed by atoms with Crippen LogP contribution >= 0.6 is 11.8 Å². The number of imide groups is 1. The lowest BCUT2D eigenvalue weighted by Crippen LogP contribution is -2.36. The summed E-state index contributed by atoms with van der Waals surface area (Å²) in [5.41, 5.74) is 4.27. The average molecular weight is 432 g/mol. The minimum absolute atomic E-state index is 0.292. The Hall–Kier alpha value is -3.58. The smallest absolute Gasteiger partial charge is 0.294 e. The maximum atomic E-state index is 12.8. The summed E-state index contributed by atoms with van der Waals surface area (Å²) in [6, 6.07) is 19.2. The molecule has 0 unspecified atom stereocenters. The van der Waals surface area contributed by atoms with Gasteiger partial charge in [-0.25, -0.2) is 0 Å². The minimum Gasteiger partial charge on any atom is -0.324 e. The first-order valence-electron chi connectivity index (χ1n) is 9.78. The van der Waals surface area contributed by atoms with Crippen LogP contribution in [0.5, 0.6) is 0 Å². The van der Waals surface area contributed by atoms with Gasteiger partial charge in [-0.3, -0.25) is 19.3 Å². The normalized spacial score (nSPS) is 15.0. The van der Waals surface area contributed by atoms with Gasteiger partial charge in [0.05, 0.1) is 4.91 Å². The molecular weight excluding hydrogens is 410 g/mol. The van der Waals surface area contributed by atoms with E-state index < -0.39 is 17.1 Å². The second kappa shape index (κ2) is 8.65. The van der Waals surface area contributed by atoms with Crippen molar-refractivity contribution in [3.05, 3.63) is 88.6 Å². The lowest BCUT2D eigenvalue weighted by atomic mass is 10.1. The van der Waals surface area contributed by atoms with Crippen LogP contribution in [0.1, 0.15) is 16.8 Å². The zero-order chi connectivity index (χ0) is 22.0. The molecule has 31 heavy (non-hydrogen) atoms. The number of aryl methyl sites for hydroxylation is 2. The summed E-state index contributed by atoms with van der Waals surface area (Å²) >= 11 is 0.844. The Bertz CT molecular complexity index is 1180. The van der Waals surface area contributed by atoms with Crippen LogP contribution in [0.25, 0.3) is 11.8 Å². The number of para-hydroxylation sites is 2. The second-order valence-electron chi connectivity index (χ2n) is 7.22. The summed E-state index contributed by atoms with van der Waals surface area (Å²) in [6.45, 7) is 3.47. The predicted octanol–water partition coefficient (Wildman–Crippen LogP) is 4.77. The molecule has 0 saturated carbocycles. The van der Waals surface area contributed by atoms with Gasteiger partial charge in [0, 0.05) is 23.3 Å². The number of rotatable bonds is 5. The molecule has 3 aromatic rings. The summed E-state index contributed by atoms with van der Waals surface area (Å²) in [5.74, 6) is -0.874. The van der Waals surface area contributed by atoms with Crippen LogP contribution in [0.4, 0.5) is 10.5 Å². The Morgan fingerprint density at radius 1 is 0.968 bits per heavy atom. The molecule has 2 heterocycles. The summed E-state index contributed by atoms with van der Waals surface area (Å²) in [6.07, 6.45) is 3.57. The number of nitrogens with zero attached hydrogens (tertiary/aromatic N) is 2. The molecule has 156 valence electrons. The van der Waals surface area contributed by atoms with Crippen LogP contribution in [-0.2, 0) is 9.59 Å². The fourth-order valence-electron chi connectivity index (χ4n) is 3.44. The molecule has 0 aliphatic carbocycles. The molecule has 1 N–H and O–H groups in total. The Labute approximate surface area is 184 Å². The van der Waals surface area contributed by atoms with Gasteiger partial charge in [0.1, 0.15) is 6.54 Å². The Morgan fingerprint density at radius 2 is 1.68 bits per heavy atom. The molecule has 1 aliphatic rings. The van der Waals surface area contributed by atoms with E-state index in [1.165, 1.54) is 0 Å². The number of amides is 3. The first-order valence-corrected chi connectivity index (χ1v) is 10.6. The van der Waals surface area contributed by atoms with E-state index in [0.29, 0.717) is 10.6 Å². The van der Waals surface area contributed by atoms with E-state index in [-0.39, 0.29) is 6.54 Å². The minimum atomic E-state index is -0.465. The first kappa shape index (κ1) is 20.7. The van der Waals surface area contributed by atoms with Gasteiger partial charge in [-0.1, -0.05) is 36.4 Å². The summed E-state index contributed by atoms with van der Waals surface area (Å²) < 4.78 is 1.93. The second-order valence-corrected chi connectivity index (χ2v) is 8.21. The van der Waals surface area contributed by atoms with E-state index in [1.54, 1.807) is 6.08 Å². The molecule has 6 nitrogen and oxygen atoms in total. The molecule has 3 amide bonds. The highest BCUT2D eigenvalue weighted by Gasteiger charge is 2.36. The van der Waals surface area contributed by atoms with E-state index in [1.807, 2.05) is 85.3 Å². The van der Waals surface area contributed by atoms with Crippen molar-refractivity contribution in [1.29, 1.82) is 0 Å². The van der Waals surface area contributed by atoms with Crippen LogP contribution in [0.2, 0.25) is 0 Å². The van der Waals surface area contributed by atoms with Crippen molar-refractivity contribution in [3.63, 3.8) is 0 Å². The van der Waals surface area contributed by atoms with E-state index in [0.717, 1.165) is 39.2 Å². The molecule has 2 aromatic carbocycles. The van der Waals surface area contributed by atoms with E-state index in [9.17, 15) is 14.4 Å². The molecule has 0 radical (unpaired) electrons. The van der Waals surface area contributed by atoms with Gasteiger partial charge in [0.2, 0.25) is 5.91 Å². The van der Waals surface area contributed by atoms with Crippen molar-refractivity contribution >= 4 is 40.6 Å². The van der Waals surface area contributed by atoms with Crippen molar-refractivity contribution in [2.24, 2.45) is 0 Å². The van der Waals surface area contributed by atoms with Gasteiger partial charge in [-0.15, -0.1) is 0 Å². The standard InChI is InChI=1S/C24H21N3O3S/c1-16-8-6-9-17(2)22(16)25-21(28)15-27-23(29)20(31-24(27)30)14-19-12-7-13-26(19)18-10-4-3-5-11-18/h3-14H,15H2,1-2H3,(H,25,28)/b20-14-. The van der Waals surface area contributed by atoms with Gasteiger partial charge < -0.3 is 9.88 Å². The summed E-state index contributed by atoms with van der Waals surface area (Å²) in [4.78, 5) is 39.1. The number of anilines is 1. The highest BCUT2D eigenvalue weighted by Crippen LogP contribution is 2.32. The lowest BCUT2D eigenvalue weighted by molar-refractivity contribution is -0.127. The van der Waals surface area contributed by atoms with Crippen molar-refractivity contribution in [2.75, 3.05) is 11.9 Å². The lowest BCUT2D eigenvalue weighted by Gasteiger charge is -2.15. The molecule has 1 aromatic heterocycles. The van der Waals surface area contributed by atoms with Crippen LogP contribution in [0.15, 0.2) is 71.8 Å². The third kappa shape index (κ3) is 4.32. The SMILES string of the molecule is Cc1cccc(C)c1NC(=O)CN1C(=O)S/C(=C\c2cccn2-c2ccccc2)C1=O. The highest BCUT2D eigenvalue weighted by atomic mass is 32.2. The quantitative estimate of drug-likeness (QED) is 0.591. The molecule has 0 bridgehead atoms. The number of thioether (sulfide) groups is 1. The fraction of sp³-hybridized carbons (Fsp3) is 0.125. The molecular formula is C24H21N3O3S. The third-order valence-corrected chi connectivity index (χ3v) is 5.92. The number of carbonyl (C=O) groups is 3. The number of aromatic nitrogens is 1.